The molecule has 0 aliphatic carbocycles. The molecule has 0 atom stereocenters. The number of anilines is 1. The van der Waals surface area contributed by atoms with E-state index in [2.05, 4.69) is 0 Å². The fraction of sp³-hybridized carbons (Fsp3) is 0.143. The Balaban J connectivity index is 2.37. The van der Waals surface area contributed by atoms with Gasteiger partial charge in [0.2, 0.25) is 0 Å². The van der Waals surface area contributed by atoms with Crippen LogP contribution in [-0.2, 0) is 0 Å². The van der Waals surface area contributed by atoms with Crippen LogP contribution in [0, 0.1) is 17.0 Å². The van der Waals surface area contributed by atoms with Gasteiger partial charge in [-0.3, -0.25) is 10.1 Å². The van der Waals surface area contributed by atoms with E-state index in [1.54, 1.807) is 6.07 Å². The van der Waals surface area contributed by atoms with Gasteiger partial charge >= 0.3 is 0 Å². The van der Waals surface area contributed by atoms with E-state index >= 15 is 0 Å². The first kappa shape index (κ1) is 13.7. The lowest BCUT2D eigenvalue weighted by Gasteiger charge is -2.11. The van der Waals surface area contributed by atoms with Crippen LogP contribution in [0.5, 0.6) is 17.2 Å². The summed E-state index contributed by atoms with van der Waals surface area (Å²) >= 11 is 0. The van der Waals surface area contributed by atoms with Crippen molar-refractivity contribution in [1.82, 2.24) is 0 Å². The highest BCUT2D eigenvalue weighted by Gasteiger charge is 2.12. The third-order valence-electron chi connectivity index (χ3n) is 2.67. The Bertz CT molecular complexity index is 656. The van der Waals surface area contributed by atoms with E-state index in [9.17, 15) is 10.1 Å². The quantitative estimate of drug-likeness (QED) is 0.525. The smallest absolute Gasteiger partial charge is 0.275 e. The van der Waals surface area contributed by atoms with Crippen LogP contribution in [0.25, 0.3) is 0 Å². The van der Waals surface area contributed by atoms with E-state index in [1.807, 2.05) is 19.1 Å². The number of aryl methyl sites for hydroxylation is 1. The molecule has 0 heterocycles. The summed E-state index contributed by atoms with van der Waals surface area (Å²) in [7, 11) is 1.53. The third-order valence-corrected chi connectivity index (χ3v) is 2.67. The summed E-state index contributed by atoms with van der Waals surface area (Å²) in [5.41, 5.74) is 6.80. The molecule has 104 valence electrons. The summed E-state index contributed by atoms with van der Waals surface area (Å²) in [4.78, 5) is 10.3. The van der Waals surface area contributed by atoms with Gasteiger partial charge < -0.3 is 15.2 Å². The van der Waals surface area contributed by atoms with Crippen molar-refractivity contribution in [1.29, 1.82) is 0 Å². The summed E-state index contributed by atoms with van der Waals surface area (Å²) in [5.74, 6) is 1.31. The van der Waals surface area contributed by atoms with Gasteiger partial charge in [0.25, 0.3) is 5.69 Å². The molecule has 0 bridgehead atoms. The van der Waals surface area contributed by atoms with Gasteiger partial charge in [0.05, 0.1) is 18.1 Å². The first-order valence-corrected chi connectivity index (χ1v) is 5.87. The van der Waals surface area contributed by atoms with Crippen LogP contribution in [0.3, 0.4) is 0 Å². The Morgan fingerprint density at radius 1 is 1.15 bits per heavy atom. The molecular formula is C14H14N2O4. The SMILES string of the molecule is COc1cc(C)ccc1Oc1cc(N)cc([N+](=O)[O-])c1. The second-order valence-corrected chi connectivity index (χ2v) is 4.27. The molecule has 6 heteroatoms. The number of methoxy groups -OCH3 is 1. The number of nitrogens with two attached hydrogens (primary N) is 1. The highest BCUT2D eigenvalue weighted by molar-refractivity contribution is 5.55. The number of non-ortho nitro benzene ring substituents is 1. The molecule has 0 aromatic heterocycles. The third kappa shape index (κ3) is 2.97. The van der Waals surface area contributed by atoms with Crippen molar-refractivity contribution in [3.63, 3.8) is 0 Å². The standard InChI is InChI=1S/C14H14N2O4/c1-9-3-4-13(14(5-9)19-2)20-12-7-10(15)6-11(8-12)16(17)18/h3-8H,15H2,1-2H3. The molecule has 6 nitrogen and oxygen atoms in total. The second-order valence-electron chi connectivity index (χ2n) is 4.27. The van der Waals surface area contributed by atoms with E-state index in [4.69, 9.17) is 15.2 Å². The zero-order valence-corrected chi connectivity index (χ0v) is 11.1. The van der Waals surface area contributed by atoms with E-state index in [0.29, 0.717) is 17.2 Å². The molecule has 0 saturated carbocycles. The van der Waals surface area contributed by atoms with Gasteiger partial charge in [-0.25, -0.2) is 0 Å². The van der Waals surface area contributed by atoms with Gasteiger partial charge in [-0.15, -0.1) is 0 Å². The fourth-order valence-electron chi connectivity index (χ4n) is 1.76. The molecule has 0 aliphatic heterocycles. The molecule has 0 unspecified atom stereocenters. The van der Waals surface area contributed by atoms with E-state index in [-0.39, 0.29) is 11.4 Å². The molecule has 2 rings (SSSR count). The Labute approximate surface area is 115 Å². The lowest BCUT2D eigenvalue weighted by Crippen LogP contribution is -1.95. The summed E-state index contributed by atoms with van der Waals surface area (Å²) < 4.78 is 10.8. The normalized spacial score (nSPS) is 10.1. The van der Waals surface area contributed by atoms with Gasteiger partial charge in [0, 0.05) is 17.8 Å². The van der Waals surface area contributed by atoms with Crippen LogP contribution in [0.2, 0.25) is 0 Å². The van der Waals surface area contributed by atoms with E-state index < -0.39 is 4.92 Å². The summed E-state index contributed by atoms with van der Waals surface area (Å²) in [6.07, 6.45) is 0. The summed E-state index contributed by atoms with van der Waals surface area (Å²) in [5, 5.41) is 10.8. The van der Waals surface area contributed by atoms with Gasteiger partial charge in [-0.05, 0) is 24.6 Å². The van der Waals surface area contributed by atoms with Gasteiger partial charge in [-0.2, -0.15) is 0 Å². The number of ether oxygens (including phenoxy) is 2. The number of hydrogen-bond donors (Lipinski definition) is 1. The van der Waals surface area contributed by atoms with Crippen LogP contribution in [0.4, 0.5) is 11.4 Å². The molecule has 20 heavy (non-hydrogen) atoms. The Morgan fingerprint density at radius 2 is 1.90 bits per heavy atom. The predicted molar refractivity (Wildman–Crippen MR) is 75.3 cm³/mol. The maximum Gasteiger partial charge on any atom is 0.275 e. The zero-order valence-electron chi connectivity index (χ0n) is 11.1. The number of nitrogen functional groups attached to an aromatic ring is 1. The van der Waals surface area contributed by atoms with Crippen molar-refractivity contribution in [2.45, 2.75) is 6.92 Å². The average molecular weight is 274 g/mol. The molecule has 2 N–H and O–H groups in total. The maximum atomic E-state index is 10.8. The lowest BCUT2D eigenvalue weighted by molar-refractivity contribution is -0.384. The van der Waals surface area contributed by atoms with Crippen LogP contribution in [0.15, 0.2) is 36.4 Å². The number of nitro groups is 1. The van der Waals surface area contributed by atoms with Crippen LogP contribution in [-0.4, -0.2) is 12.0 Å². The van der Waals surface area contributed by atoms with Crippen molar-refractivity contribution in [2.75, 3.05) is 12.8 Å². The van der Waals surface area contributed by atoms with Crippen molar-refractivity contribution >= 4 is 11.4 Å². The zero-order chi connectivity index (χ0) is 14.7. The van der Waals surface area contributed by atoms with Crippen LogP contribution < -0.4 is 15.2 Å². The topological polar surface area (TPSA) is 87.6 Å². The largest absolute Gasteiger partial charge is 0.493 e. The molecular weight excluding hydrogens is 260 g/mol. The minimum atomic E-state index is -0.518. The number of hydrogen-bond acceptors (Lipinski definition) is 5. The van der Waals surface area contributed by atoms with Gasteiger partial charge in [0.1, 0.15) is 5.75 Å². The number of rotatable bonds is 4. The molecule has 0 fully saturated rings. The maximum absolute atomic E-state index is 10.8. The van der Waals surface area contributed by atoms with Crippen molar-refractivity contribution in [2.24, 2.45) is 0 Å². The predicted octanol–water partition coefficient (Wildman–Crippen LogP) is 3.29. The number of nitro benzene ring substituents is 1. The highest BCUT2D eigenvalue weighted by Crippen LogP contribution is 2.34. The average Bonchev–Trinajstić information content (AvgIpc) is 2.40. The minimum absolute atomic E-state index is 0.119. The monoisotopic (exact) mass is 274 g/mol. The van der Waals surface area contributed by atoms with Crippen LogP contribution >= 0.6 is 0 Å². The molecule has 2 aromatic rings. The molecule has 0 radical (unpaired) electrons. The van der Waals surface area contributed by atoms with Gasteiger partial charge in [-0.1, -0.05) is 6.07 Å². The molecule has 2 aromatic carbocycles. The van der Waals surface area contributed by atoms with Crippen LogP contribution in [0.1, 0.15) is 5.56 Å². The molecule has 0 saturated heterocycles. The highest BCUT2D eigenvalue weighted by atomic mass is 16.6. The molecule has 0 amide bonds. The molecule has 0 aliphatic rings. The lowest BCUT2D eigenvalue weighted by atomic mass is 10.2. The molecule has 0 spiro atoms. The minimum Gasteiger partial charge on any atom is -0.493 e. The first-order chi connectivity index (χ1) is 9.49. The number of nitrogens with zero attached hydrogens (tertiary/aromatic N) is 1. The first-order valence-electron chi connectivity index (χ1n) is 5.87. The Morgan fingerprint density at radius 3 is 2.55 bits per heavy atom. The van der Waals surface area contributed by atoms with Crippen molar-refractivity contribution in [3.05, 3.63) is 52.1 Å². The number of benzene rings is 2. The van der Waals surface area contributed by atoms with E-state index in [0.717, 1.165) is 5.56 Å². The fourth-order valence-corrected chi connectivity index (χ4v) is 1.76. The Kier molecular flexibility index (Phi) is 3.74. The second kappa shape index (κ2) is 5.48. The van der Waals surface area contributed by atoms with E-state index in [1.165, 1.54) is 25.3 Å². The van der Waals surface area contributed by atoms with Crippen molar-refractivity contribution in [3.8, 4) is 17.2 Å². The van der Waals surface area contributed by atoms with Gasteiger partial charge in [0.15, 0.2) is 11.5 Å². The van der Waals surface area contributed by atoms with Crippen molar-refractivity contribution < 1.29 is 14.4 Å². The summed E-state index contributed by atoms with van der Waals surface area (Å²) in [6.45, 7) is 1.93. The Hall–Kier alpha value is -2.76. The summed E-state index contributed by atoms with van der Waals surface area (Å²) in [6, 6.07) is 9.53.